The minimum absolute atomic E-state index is 0.103. The zero-order valence-corrected chi connectivity index (χ0v) is 16.2. The second kappa shape index (κ2) is 8.62. The van der Waals surface area contributed by atoms with Crippen LogP contribution in [0.1, 0.15) is 16.8 Å². The Morgan fingerprint density at radius 1 is 1.00 bits per heavy atom. The number of hydrogen-bond acceptors (Lipinski definition) is 4. The number of aromatic nitrogens is 1. The van der Waals surface area contributed by atoms with E-state index in [2.05, 4.69) is 20.9 Å². The predicted molar refractivity (Wildman–Crippen MR) is 109 cm³/mol. The van der Waals surface area contributed by atoms with Gasteiger partial charge in [-0.2, -0.15) is 0 Å². The highest BCUT2D eigenvalue weighted by atomic mass is 32.1. The number of halogens is 1. The summed E-state index contributed by atoms with van der Waals surface area (Å²) in [6, 6.07) is 10.8. The molecule has 8 heteroatoms. The van der Waals surface area contributed by atoms with Crippen molar-refractivity contribution < 1.29 is 14.0 Å². The summed E-state index contributed by atoms with van der Waals surface area (Å²) in [6.45, 7) is 3.88. The van der Waals surface area contributed by atoms with Crippen molar-refractivity contribution >= 4 is 39.8 Å². The number of thiazole rings is 1. The van der Waals surface area contributed by atoms with E-state index in [9.17, 15) is 14.0 Å². The lowest BCUT2D eigenvalue weighted by molar-refractivity contribution is -0.115. The van der Waals surface area contributed by atoms with Crippen LogP contribution in [0.25, 0.3) is 0 Å². The number of amides is 3. The second-order valence-electron chi connectivity index (χ2n) is 6.22. The van der Waals surface area contributed by atoms with Crippen LogP contribution in [-0.4, -0.2) is 16.9 Å². The lowest BCUT2D eigenvalue weighted by Gasteiger charge is -2.10. The van der Waals surface area contributed by atoms with Gasteiger partial charge in [-0.3, -0.25) is 10.1 Å². The van der Waals surface area contributed by atoms with Crippen LogP contribution in [-0.2, 0) is 11.2 Å². The van der Waals surface area contributed by atoms with E-state index in [1.165, 1.54) is 35.6 Å². The van der Waals surface area contributed by atoms with Gasteiger partial charge in [0.05, 0.1) is 12.1 Å². The van der Waals surface area contributed by atoms with Crippen molar-refractivity contribution in [1.82, 2.24) is 4.98 Å². The van der Waals surface area contributed by atoms with Crippen LogP contribution < -0.4 is 16.0 Å². The number of anilines is 3. The Labute approximate surface area is 165 Å². The van der Waals surface area contributed by atoms with E-state index in [4.69, 9.17) is 0 Å². The van der Waals surface area contributed by atoms with Crippen LogP contribution in [0.15, 0.2) is 47.8 Å². The number of para-hydroxylation sites is 1. The maximum absolute atomic E-state index is 12.9. The molecule has 0 spiro atoms. The summed E-state index contributed by atoms with van der Waals surface area (Å²) in [7, 11) is 0. The zero-order valence-electron chi connectivity index (χ0n) is 15.4. The summed E-state index contributed by atoms with van der Waals surface area (Å²) in [4.78, 5) is 28.6. The first kappa shape index (κ1) is 19.5. The maximum Gasteiger partial charge on any atom is 0.325 e. The fourth-order valence-electron chi connectivity index (χ4n) is 2.60. The summed E-state index contributed by atoms with van der Waals surface area (Å²) in [6.07, 6.45) is 0.103. The number of carbonyl (C=O) groups excluding carboxylic acids is 2. The molecule has 3 N–H and O–H groups in total. The summed E-state index contributed by atoms with van der Waals surface area (Å²) >= 11 is 1.22. The van der Waals surface area contributed by atoms with Crippen molar-refractivity contribution in [3.8, 4) is 0 Å². The second-order valence-corrected chi connectivity index (χ2v) is 7.08. The molecule has 3 rings (SSSR count). The third-order valence-electron chi connectivity index (χ3n) is 3.96. The highest BCUT2D eigenvalue weighted by Crippen LogP contribution is 2.21. The Morgan fingerprint density at radius 2 is 1.68 bits per heavy atom. The Hall–Kier alpha value is -3.26. The molecule has 0 saturated carbocycles. The van der Waals surface area contributed by atoms with Gasteiger partial charge in [0.15, 0.2) is 5.13 Å². The number of nitrogens with zero attached hydrogens (tertiary/aromatic N) is 1. The molecule has 0 radical (unpaired) electrons. The van der Waals surface area contributed by atoms with Crippen molar-refractivity contribution in [2.24, 2.45) is 0 Å². The third kappa shape index (κ3) is 5.14. The van der Waals surface area contributed by atoms with Gasteiger partial charge < -0.3 is 10.6 Å². The Balaban J connectivity index is 1.55. The third-order valence-corrected chi connectivity index (χ3v) is 4.77. The molecule has 0 fully saturated rings. The molecule has 28 heavy (non-hydrogen) atoms. The molecule has 0 aliphatic rings. The van der Waals surface area contributed by atoms with E-state index >= 15 is 0 Å². The largest absolute Gasteiger partial charge is 0.325 e. The number of benzene rings is 2. The van der Waals surface area contributed by atoms with E-state index in [1.807, 2.05) is 32.0 Å². The number of hydrogen-bond donors (Lipinski definition) is 3. The van der Waals surface area contributed by atoms with E-state index in [1.54, 1.807) is 5.38 Å². The van der Waals surface area contributed by atoms with Gasteiger partial charge in [-0.1, -0.05) is 18.2 Å². The van der Waals surface area contributed by atoms with Crippen molar-refractivity contribution in [2.45, 2.75) is 20.3 Å². The number of nitrogens with one attached hydrogen (secondary N) is 3. The molecule has 144 valence electrons. The van der Waals surface area contributed by atoms with E-state index in [0.29, 0.717) is 16.5 Å². The minimum atomic E-state index is -0.493. The fourth-order valence-corrected chi connectivity index (χ4v) is 3.30. The molecule has 0 unspecified atom stereocenters. The number of aryl methyl sites for hydroxylation is 2. The normalized spacial score (nSPS) is 10.4. The predicted octanol–water partition coefficient (Wildman–Crippen LogP) is 4.72. The molecule has 3 aromatic rings. The first-order valence-electron chi connectivity index (χ1n) is 8.55. The van der Waals surface area contributed by atoms with Crippen molar-refractivity contribution in [3.63, 3.8) is 0 Å². The Bertz CT molecular complexity index is 981. The Kier molecular flexibility index (Phi) is 6.00. The average Bonchev–Trinajstić information content (AvgIpc) is 3.07. The van der Waals surface area contributed by atoms with Crippen LogP contribution in [0.5, 0.6) is 0 Å². The minimum Gasteiger partial charge on any atom is -0.325 e. The monoisotopic (exact) mass is 398 g/mol. The van der Waals surface area contributed by atoms with Crippen molar-refractivity contribution in [3.05, 3.63) is 70.5 Å². The molecule has 0 aliphatic heterocycles. The Morgan fingerprint density at radius 3 is 2.36 bits per heavy atom. The molecule has 1 heterocycles. The summed E-state index contributed by atoms with van der Waals surface area (Å²) in [5, 5.41) is 10.2. The van der Waals surface area contributed by atoms with Gasteiger partial charge in [0.25, 0.3) is 0 Å². The summed E-state index contributed by atoms with van der Waals surface area (Å²) < 4.78 is 12.9. The van der Waals surface area contributed by atoms with Gasteiger partial charge in [-0.15, -0.1) is 11.3 Å². The average molecular weight is 398 g/mol. The van der Waals surface area contributed by atoms with Gasteiger partial charge in [0.1, 0.15) is 5.82 Å². The fraction of sp³-hybridized carbons (Fsp3) is 0.150. The zero-order chi connectivity index (χ0) is 20.1. The topological polar surface area (TPSA) is 83.1 Å². The first-order chi connectivity index (χ1) is 13.4. The van der Waals surface area contributed by atoms with Crippen LogP contribution in [0.3, 0.4) is 0 Å². The van der Waals surface area contributed by atoms with Crippen molar-refractivity contribution in [2.75, 3.05) is 16.0 Å². The van der Waals surface area contributed by atoms with Crippen LogP contribution >= 0.6 is 11.3 Å². The number of rotatable bonds is 5. The summed E-state index contributed by atoms with van der Waals surface area (Å²) in [5.74, 6) is -0.556. The molecule has 0 bridgehead atoms. The molecule has 0 aliphatic carbocycles. The molecule has 3 amide bonds. The maximum atomic E-state index is 12.9. The van der Waals surface area contributed by atoms with Crippen LogP contribution in [0.4, 0.5) is 25.7 Å². The standard InChI is InChI=1S/C20H19FN4O2S/c1-12-4-3-5-13(2)18(12)24-17(26)10-16-11-28-20(23-16)25-19(27)22-15-8-6-14(21)7-9-15/h3-9,11H,10H2,1-2H3,(H,24,26)(H2,22,23,25,27). The molecule has 2 aromatic carbocycles. The molecular formula is C20H19FN4O2S. The number of carbonyl (C=O) groups is 2. The van der Waals surface area contributed by atoms with E-state index < -0.39 is 6.03 Å². The van der Waals surface area contributed by atoms with Crippen LogP contribution in [0.2, 0.25) is 0 Å². The molecule has 6 nitrogen and oxygen atoms in total. The molecule has 0 atom stereocenters. The molecule has 1 aromatic heterocycles. The first-order valence-corrected chi connectivity index (χ1v) is 9.43. The van der Waals surface area contributed by atoms with Gasteiger partial charge >= 0.3 is 6.03 Å². The van der Waals surface area contributed by atoms with Gasteiger partial charge in [0.2, 0.25) is 5.91 Å². The molecular weight excluding hydrogens is 379 g/mol. The van der Waals surface area contributed by atoms with E-state index in [-0.39, 0.29) is 18.1 Å². The lowest BCUT2D eigenvalue weighted by atomic mass is 10.1. The lowest BCUT2D eigenvalue weighted by Crippen LogP contribution is -2.19. The highest BCUT2D eigenvalue weighted by Gasteiger charge is 2.12. The van der Waals surface area contributed by atoms with Gasteiger partial charge in [-0.25, -0.2) is 14.2 Å². The summed E-state index contributed by atoms with van der Waals surface area (Å²) in [5.41, 5.74) is 3.81. The van der Waals surface area contributed by atoms with Crippen LogP contribution in [0, 0.1) is 19.7 Å². The van der Waals surface area contributed by atoms with Crippen molar-refractivity contribution in [1.29, 1.82) is 0 Å². The SMILES string of the molecule is Cc1cccc(C)c1NC(=O)Cc1csc(NC(=O)Nc2ccc(F)cc2)n1. The van der Waals surface area contributed by atoms with Gasteiger partial charge in [0, 0.05) is 16.8 Å². The number of urea groups is 1. The molecule has 0 saturated heterocycles. The smallest absolute Gasteiger partial charge is 0.325 e. The van der Waals surface area contributed by atoms with Gasteiger partial charge in [-0.05, 0) is 49.2 Å². The highest BCUT2D eigenvalue weighted by molar-refractivity contribution is 7.14. The van der Waals surface area contributed by atoms with E-state index in [0.717, 1.165) is 16.8 Å². The quantitative estimate of drug-likeness (QED) is 0.581.